The van der Waals surface area contributed by atoms with E-state index >= 15 is 0 Å². The number of rotatable bonds is 4. The van der Waals surface area contributed by atoms with Gasteiger partial charge in [0.1, 0.15) is 12.4 Å². The summed E-state index contributed by atoms with van der Waals surface area (Å²) in [7, 11) is 1.67. The third-order valence-electron chi connectivity index (χ3n) is 2.00. The van der Waals surface area contributed by atoms with Crippen molar-refractivity contribution in [3.63, 3.8) is 0 Å². The number of ether oxygens (including phenoxy) is 2. The molecule has 2 nitrogen and oxygen atoms in total. The van der Waals surface area contributed by atoms with Gasteiger partial charge in [0, 0.05) is 11.6 Å². The highest BCUT2D eigenvalue weighted by Gasteiger charge is 2.03. The van der Waals surface area contributed by atoms with Gasteiger partial charge in [-0.2, -0.15) is 0 Å². The van der Waals surface area contributed by atoms with Gasteiger partial charge in [0.2, 0.25) is 0 Å². The molecule has 0 aliphatic heterocycles. The van der Waals surface area contributed by atoms with E-state index in [-0.39, 0.29) is 0 Å². The minimum Gasteiger partial charge on any atom is -0.491 e. The summed E-state index contributed by atoms with van der Waals surface area (Å²) in [4.78, 5) is 0. The normalized spacial score (nSPS) is 10.3. The summed E-state index contributed by atoms with van der Waals surface area (Å²) < 4.78 is 11.6. The van der Waals surface area contributed by atoms with Crippen LogP contribution in [-0.2, 0) is 4.74 Å². The van der Waals surface area contributed by atoms with Crippen LogP contribution in [0.5, 0.6) is 5.75 Å². The maximum atomic E-state index is 5.57. The molecule has 0 N–H and O–H groups in total. The highest BCUT2D eigenvalue weighted by molar-refractivity contribution is 9.10. The fraction of sp³-hybridized carbons (Fsp3) is 0.455. The Morgan fingerprint density at radius 2 is 1.86 bits per heavy atom. The molecule has 3 heteroatoms. The number of benzene rings is 1. The first-order valence-corrected chi connectivity index (χ1v) is 5.33. The molecule has 14 heavy (non-hydrogen) atoms. The van der Waals surface area contributed by atoms with Crippen molar-refractivity contribution < 1.29 is 9.47 Å². The molecule has 0 aliphatic rings. The molecule has 0 unspecified atom stereocenters. The van der Waals surface area contributed by atoms with Crippen LogP contribution in [0.2, 0.25) is 0 Å². The molecule has 0 fully saturated rings. The van der Waals surface area contributed by atoms with E-state index in [1.165, 1.54) is 5.56 Å². The lowest BCUT2D eigenvalue weighted by molar-refractivity contribution is 0.146. The van der Waals surface area contributed by atoms with E-state index in [0.717, 1.165) is 15.8 Å². The van der Waals surface area contributed by atoms with Gasteiger partial charge in [-0.15, -0.1) is 0 Å². The van der Waals surface area contributed by atoms with E-state index in [9.17, 15) is 0 Å². The summed E-state index contributed by atoms with van der Waals surface area (Å²) in [6.45, 7) is 5.30. The molecular weight excluding hydrogens is 244 g/mol. The number of halogens is 1. The maximum Gasteiger partial charge on any atom is 0.122 e. The van der Waals surface area contributed by atoms with Crippen LogP contribution < -0.4 is 4.74 Å². The molecule has 0 aromatic heterocycles. The SMILES string of the molecule is COCCOc1cc(C)c(Br)cc1C. The van der Waals surface area contributed by atoms with Crippen LogP contribution in [0.1, 0.15) is 11.1 Å². The Morgan fingerprint density at radius 3 is 2.50 bits per heavy atom. The first-order chi connectivity index (χ1) is 6.65. The number of methoxy groups -OCH3 is 1. The summed E-state index contributed by atoms with van der Waals surface area (Å²) in [5.74, 6) is 0.933. The van der Waals surface area contributed by atoms with E-state index in [0.29, 0.717) is 13.2 Å². The van der Waals surface area contributed by atoms with E-state index in [4.69, 9.17) is 9.47 Å². The van der Waals surface area contributed by atoms with Crippen molar-refractivity contribution in [1.82, 2.24) is 0 Å². The minimum absolute atomic E-state index is 0.596. The molecule has 0 bridgehead atoms. The second-order valence-corrected chi connectivity index (χ2v) is 4.06. The van der Waals surface area contributed by atoms with Gasteiger partial charge < -0.3 is 9.47 Å². The smallest absolute Gasteiger partial charge is 0.122 e. The zero-order valence-corrected chi connectivity index (χ0v) is 10.3. The Balaban J connectivity index is 2.72. The minimum atomic E-state index is 0.596. The van der Waals surface area contributed by atoms with Crippen molar-refractivity contribution in [3.05, 3.63) is 27.7 Å². The zero-order valence-electron chi connectivity index (χ0n) is 8.76. The summed E-state index contributed by atoms with van der Waals surface area (Å²) in [6.07, 6.45) is 0. The Labute approximate surface area is 93.4 Å². The third-order valence-corrected chi connectivity index (χ3v) is 2.86. The fourth-order valence-corrected chi connectivity index (χ4v) is 1.60. The van der Waals surface area contributed by atoms with E-state index < -0.39 is 0 Å². The molecule has 78 valence electrons. The molecule has 1 aromatic rings. The van der Waals surface area contributed by atoms with Crippen molar-refractivity contribution in [2.45, 2.75) is 13.8 Å². The second-order valence-electron chi connectivity index (χ2n) is 3.21. The third kappa shape index (κ3) is 3.00. The summed E-state index contributed by atoms with van der Waals surface area (Å²) in [5, 5.41) is 0. The molecule has 0 spiro atoms. The largest absolute Gasteiger partial charge is 0.491 e. The van der Waals surface area contributed by atoms with Gasteiger partial charge in [-0.25, -0.2) is 0 Å². The molecule has 0 amide bonds. The highest BCUT2D eigenvalue weighted by Crippen LogP contribution is 2.26. The predicted molar refractivity (Wildman–Crippen MR) is 61.0 cm³/mol. The Hall–Kier alpha value is -0.540. The molecule has 0 saturated heterocycles. The van der Waals surface area contributed by atoms with Gasteiger partial charge >= 0.3 is 0 Å². The van der Waals surface area contributed by atoms with Crippen LogP contribution in [0, 0.1) is 13.8 Å². The van der Waals surface area contributed by atoms with Crippen molar-refractivity contribution >= 4 is 15.9 Å². The average molecular weight is 259 g/mol. The Bertz CT molecular complexity index is 310. The van der Waals surface area contributed by atoms with Crippen LogP contribution in [0.15, 0.2) is 16.6 Å². The summed E-state index contributed by atoms with van der Waals surface area (Å²) in [6, 6.07) is 4.10. The van der Waals surface area contributed by atoms with Crippen LogP contribution >= 0.6 is 15.9 Å². The number of hydrogen-bond donors (Lipinski definition) is 0. The quantitative estimate of drug-likeness (QED) is 0.773. The van der Waals surface area contributed by atoms with Crippen molar-refractivity contribution in [3.8, 4) is 5.75 Å². The van der Waals surface area contributed by atoms with Crippen LogP contribution in [0.3, 0.4) is 0 Å². The van der Waals surface area contributed by atoms with Crippen LogP contribution in [0.4, 0.5) is 0 Å². The lowest BCUT2D eigenvalue weighted by Crippen LogP contribution is -2.05. The molecular formula is C11H15BrO2. The first-order valence-electron chi connectivity index (χ1n) is 4.53. The maximum absolute atomic E-state index is 5.57. The van der Waals surface area contributed by atoms with Gasteiger partial charge in [-0.1, -0.05) is 15.9 Å². The molecule has 0 heterocycles. The predicted octanol–water partition coefficient (Wildman–Crippen LogP) is 3.09. The monoisotopic (exact) mass is 258 g/mol. The topological polar surface area (TPSA) is 18.5 Å². The van der Waals surface area contributed by atoms with Gasteiger partial charge in [0.05, 0.1) is 6.61 Å². The van der Waals surface area contributed by atoms with E-state index in [2.05, 4.69) is 22.0 Å². The van der Waals surface area contributed by atoms with Gasteiger partial charge in [-0.3, -0.25) is 0 Å². The van der Waals surface area contributed by atoms with Crippen LogP contribution in [0.25, 0.3) is 0 Å². The zero-order chi connectivity index (χ0) is 10.6. The molecule has 0 aliphatic carbocycles. The lowest BCUT2D eigenvalue weighted by atomic mass is 10.1. The molecule has 0 atom stereocenters. The number of aryl methyl sites for hydroxylation is 2. The van der Waals surface area contributed by atoms with Crippen LogP contribution in [-0.4, -0.2) is 20.3 Å². The molecule has 1 rings (SSSR count). The van der Waals surface area contributed by atoms with E-state index in [1.54, 1.807) is 7.11 Å². The second kappa shape index (κ2) is 5.37. The highest BCUT2D eigenvalue weighted by atomic mass is 79.9. The Kier molecular flexibility index (Phi) is 4.42. The van der Waals surface area contributed by atoms with E-state index in [1.807, 2.05) is 19.9 Å². The fourth-order valence-electron chi connectivity index (χ4n) is 1.14. The average Bonchev–Trinajstić information content (AvgIpc) is 2.14. The summed E-state index contributed by atoms with van der Waals surface area (Å²) >= 11 is 3.48. The lowest BCUT2D eigenvalue weighted by Gasteiger charge is -2.10. The van der Waals surface area contributed by atoms with Crippen molar-refractivity contribution in [1.29, 1.82) is 0 Å². The van der Waals surface area contributed by atoms with Gasteiger partial charge in [-0.05, 0) is 37.1 Å². The number of hydrogen-bond acceptors (Lipinski definition) is 2. The Morgan fingerprint density at radius 1 is 1.14 bits per heavy atom. The van der Waals surface area contributed by atoms with Crippen molar-refractivity contribution in [2.75, 3.05) is 20.3 Å². The standard InChI is InChI=1S/C11H15BrO2/c1-8-7-11(14-5-4-13-3)9(2)6-10(8)12/h6-7H,4-5H2,1-3H3. The first kappa shape index (κ1) is 11.5. The van der Waals surface area contributed by atoms with Gasteiger partial charge in [0.15, 0.2) is 0 Å². The van der Waals surface area contributed by atoms with Crippen molar-refractivity contribution in [2.24, 2.45) is 0 Å². The summed E-state index contributed by atoms with van der Waals surface area (Å²) in [5.41, 5.74) is 2.32. The molecule has 0 saturated carbocycles. The molecule has 1 aromatic carbocycles. The molecule has 0 radical (unpaired) electrons. The van der Waals surface area contributed by atoms with Gasteiger partial charge in [0.25, 0.3) is 0 Å².